The van der Waals surface area contributed by atoms with Gasteiger partial charge in [-0.05, 0) is 38.8 Å². The Kier molecular flexibility index (Phi) is 5.50. The molecule has 0 aromatic heterocycles. The molecule has 1 aliphatic rings. The fourth-order valence-corrected chi connectivity index (χ4v) is 2.84. The van der Waals surface area contributed by atoms with Gasteiger partial charge in [-0.15, -0.1) is 0 Å². The van der Waals surface area contributed by atoms with Crippen molar-refractivity contribution in [1.82, 2.24) is 5.32 Å². The lowest BCUT2D eigenvalue weighted by Crippen LogP contribution is -2.33. The van der Waals surface area contributed by atoms with Gasteiger partial charge in [0.15, 0.2) is 5.82 Å². The lowest BCUT2D eigenvalue weighted by Gasteiger charge is -2.22. The molecule has 0 bridgehead atoms. The third-order valence-corrected chi connectivity index (χ3v) is 3.88. The van der Waals surface area contributed by atoms with E-state index in [1.807, 2.05) is 6.92 Å². The van der Waals surface area contributed by atoms with E-state index in [2.05, 4.69) is 10.6 Å². The van der Waals surface area contributed by atoms with E-state index in [-0.39, 0.29) is 17.4 Å². The minimum atomic E-state index is -0.579. The average Bonchev–Trinajstić information content (AvgIpc) is 2.69. The van der Waals surface area contributed by atoms with Crippen LogP contribution in [0.5, 0.6) is 0 Å². The van der Waals surface area contributed by atoms with Crippen molar-refractivity contribution in [1.29, 1.82) is 0 Å². The van der Waals surface area contributed by atoms with Crippen LogP contribution in [0.15, 0.2) is 18.2 Å². The van der Waals surface area contributed by atoms with Gasteiger partial charge >= 0.3 is 0 Å². The number of hydrogen-bond donors (Lipinski definition) is 2. The van der Waals surface area contributed by atoms with Crippen molar-refractivity contribution >= 4 is 11.4 Å². The topological polar surface area (TPSA) is 67.2 Å². The summed E-state index contributed by atoms with van der Waals surface area (Å²) in [4.78, 5) is 10.4. The number of nitrogens with zero attached hydrogens (tertiary/aromatic N) is 1. The van der Waals surface area contributed by atoms with Gasteiger partial charge < -0.3 is 10.6 Å². The van der Waals surface area contributed by atoms with Crippen LogP contribution in [-0.4, -0.2) is 23.6 Å². The maximum Gasteiger partial charge on any atom is 0.295 e. The predicted molar refractivity (Wildman–Crippen MR) is 81.0 cm³/mol. The quantitative estimate of drug-likeness (QED) is 0.645. The van der Waals surface area contributed by atoms with E-state index in [0.29, 0.717) is 6.04 Å². The van der Waals surface area contributed by atoms with Gasteiger partial charge in [-0.1, -0.05) is 18.9 Å². The van der Waals surface area contributed by atoms with Crippen molar-refractivity contribution in [2.75, 3.05) is 11.9 Å². The highest BCUT2D eigenvalue weighted by molar-refractivity contribution is 5.62. The Balaban J connectivity index is 2.02. The number of benzene rings is 1. The van der Waals surface area contributed by atoms with Crippen molar-refractivity contribution in [3.05, 3.63) is 34.1 Å². The number of nitro benzene ring substituents is 1. The van der Waals surface area contributed by atoms with Crippen LogP contribution < -0.4 is 10.6 Å². The molecule has 1 aliphatic heterocycles. The Morgan fingerprint density at radius 2 is 2.29 bits per heavy atom. The molecule has 0 radical (unpaired) electrons. The Morgan fingerprint density at radius 1 is 1.48 bits per heavy atom. The molecule has 0 spiro atoms. The predicted octanol–water partition coefficient (Wildman–Crippen LogP) is 3.46. The zero-order valence-corrected chi connectivity index (χ0v) is 12.3. The molecule has 116 valence electrons. The van der Waals surface area contributed by atoms with Crippen LogP contribution in [0, 0.1) is 15.9 Å². The van der Waals surface area contributed by atoms with Crippen molar-refractivity contribution in [2.24, 2.45) is 0 Å². The number of hydrogen-bond acceptors (Lipinski definition) is 4. The minimum absolute atomic E-state index is 0.0105. The van der Waals surface area contributed by atoms with Gasteiger partial charge in [-0.3, -0.25) is 10.1 Å². The smallest absolute Gasteiger partial charge is 0.295 e. The first-order valence-corrected chi connectivity index (χ1v) is 7.50. The largest absolute Gasteiger partial charge is 0.375 e. The highest BCUT2D eigenvalue weighted by atomic mass is 19.1. The van der Waals surface area contributed by atoms with Gasteiger partial charge in [0.05, 0.1) is 4.92 Å². The van der Waals surface area contributed by atoms with E-state index in [4.69, 9.17) is 0 Å². The van der Waals surface area contributed by atoms with Crippen molar-refractivity contribution in [3.8, 4) is 0 Å². The second-order valence-corrected chi connectivity index (χ2v) is 5.67. The maximum atomic E-state index is 13.8. The zero-order chi connectivity index (χ0) is 15.2. The number of para-hydroxylation sites is 1. The number of anilines is 1. The molecule has 1 aromatic carbocycles. The Hall–Kier alpha value is -1.69. The van der Waals surface area contributed by atoms with E-state index in [1.54, 1.807) is 0 Å². The van der Waals surface area contributed by atoms with E-state index in [9.17, 15) is 14.5 Å². The monoisotopic (exact) mass is 295 g/mol. The molecule has 5 nitrogen and oxygen atoms in total. The van der Waals surface area contributed by atoms with Crippen LogP contribution in [0.3, 0.4) is 0 Å². The van der Waals surface area contributed by atoms with Crippen LogP contribution in [0.1, 0.15) is 39.0 Å². The molecular formula is C15H22FN3O2. The summed E-state index contributed by atoms with van der Waals surface area (Å²) in [6.45, 7) is 2.94. The summed E-state index contributed by atoms with van der Waals surface area (Å²) < 4.78 is 13.8. The Bertz CT molecular complexity index is 488. The molecule has 1 heterocycles. The summed E-state index contributed by atoms with van der Waals surface area (Å²) in [6.07, 6.45) is 5.56. The lowest BCUT2D eigenvalue weighted by atomic mass is 10.0. The van der Waals surface area contributed by atoms with Crippen LogP contribution in [-0.2, 0) is 0 Å². The minimum Gasteiger partial charge on any atom is -0.375 e. The molecule has 2 rings (SSSR count). The molecule has 21 heavy (non-hydrogen) atoms. The molecule has 1 aromatic rings. The molecule has 6 heteroatoms. The fourth-order valence-electron chi connectivity index (χ4n) is 2.84. The summed E-state index contributed by atoms with van der Waals surface area (Å²) in [7, 11) is 0. The number of rotatable bonds is 5. The highest BCUT2D eigenvalue weighted by Gasteiger charge is 2.21. The summed E-state index contributed by atoms with van der Waals surface area (Å²) in [5, 5.41) is 17.4. The van der Waals surface area contributed by atoms with Gasteiger partial charge in [0.25, 0.3) is 5.69 Å². The van der Waals surface area contributed by atoms with E-state index in [1.165, 1.54) is 37.5 Å². The second-order valence-electron chi connectivity index (χ2n) is 5.67. The number of halogens is 1. The molecule has 2 unspecified atom stereocenters. The summed E-state index contributed by atoms with van der Waals surface area (Å²) in [6, 6.07) is 4.28. The Labute approximate surface area is 124 Å². The van der Waals surface area contributed by atoms with Crippen LogP contribution >= 0.6 is 0 Å². The summed E-state index contributed by atoms with van der Waals surface area (Å²) in [5.41, 5.74) is -0.223. The van der Waals surface area contributed by atoms with Gasteiger partial charge in [-0.2, -0.15) is 0 Å². The molecule has 2 atom stereocenters. The van der Waals surface area contributed by atoms with E-state index < -0.39 is 10.7 Å². The Morgan fingerprint density at radius 3 is 3.05 bits per heavy atom. The third-order valence-electron chi connectivity index (χ3n) is 3.88. The molecule has 1 fully saturated rings. The van der Waals surface area contributed by atoms with Crippen molar-refractivity contribution in [3.63, 3.8) is 0 Å². The number of nitro groups is 1. The fraction of sp³-hybridized carbons (Fsp3) is 0.600. The highest BCUT2D eigenvalue weighted by Crippen LogP contribution is 2.28. The molecule has 0 amide bonds. The first-order chi connectivity index (χ1) is 10.1. The molecule has 0 saturated carbocycles. The van der Waals surface area contributed by atoms with Gasteiger partial charge in [-0.25, -0.2) is 4.39 Å². The SMILES string of the molecule is CC(CC1CCCCCN1)Nc1c(F)cccc1[N+](=O)[O-]. The standard InChI is InChI=1S/C15H22FN3O2/c1-11(10-12-6-3-2-4-9-17-12)18-15-13(16)7-5-8-14(15)19(20)21/h5,7-8,11-12,17-18H,2-4,6,9-10H2,1H3. The second kappa shape index (κ2) is 7.36. The lowest BCUT2D eigenvalue weighted by molar-refractivity contribution is -0.384. The van der Waals surface area contributed by atoms with Crippen LogP contribution in [0.4, 0.5) is 15.8 Å². The molecular weight excluding hydrogens is 273 g/mol. The van der Waals surface area contributed by atoms with E-state index >= 15 is 0 Å². The average molecular weight is 295 g/mol. The normalized spacial score (nSPS) is 20.6. The molecule has 1 saturated heterocycles. The summed E-state index contributed by atoms with van der Waals surface area (Å²) >= 11 is 0. The van der Waals surface area contributed by atoms with Crippen molar-refractivity contribution < 1.29 is 9.31 Å². The summed E-state index contributed by atoms with van der Waals surface area (Å²) in [5.74, 6) is -0.579. The molecule has 0 aliphatic carbocycles. The first-order valence-electron chi connectivity index (χ1n) is 7.50. The maximum absolute atomic E-state index is 13.8. The third kappa shape index (κ3) is 4.39. The number of nitrogens with one attached hydrogen (secondary N) is 2. The zero-order valence-electron chi connectivity index (χ0n) is 12.3. The first kappa shape index (κ1) is 15.7. The van der Waals surface area contributed by atoms with Crippen molar-refractivity contribution in [2.45, 2.75) is 51.1 Å². The molecule has 2 N–H and O–H groups in total. The van der Waals surface area contributed by atoms with Gasteiger partial charge in [0.2, 0.25) is 0 Å². The van der Waals surface area contributed by atoms with Crippen LogP contribution in [0.2, 0.25) is 0 Å². The van der Waals surface area contributed by atoms with Gasteiger partial charge in [0, 0.05) is 18.2 Å². The van der Waals surface area contributed by atoms with Gasteiger partial charge in [0.1, 0.15) is 5.69 Å². The van der Waals surface area contributed by atoms with Crippen LogP contribution in [0.25, 0.3) is 0 Å². The van der Waals surface area contributed by atoms with E-state index in [0.717, 1.165) is 19.4 Å².